The lowest BCUT2D eigenvalue weighted by Gasteiger charge is -2.24. The van der Waals surface area contributed by atoms with Gasteiger partial charge in [-0.2, -0.15) is 0 Å². The number of carbonyl (C=O) groups excluding carboxylic acids is 1. The maximum Gasteiger partial charge on any atom is 0.262 e. The minimum absolute atomic E-state index is 0.0237. The lowest BCUT2D eigenvalue weighted by molar-refractivity contribution is -0.121. The van der Waals surface area contributed by atoms with E-state index in [0.717, 1.165) is 35.4 Å². The fourth-order valence-electron chi connectivity index (χ4n) is 3.65. The number of thiophene rings is 1. The van der Waals surface area contributed by atoms with Gasteiger partial charge in [0.15, 0.2) is 5.16 Å². The maximum atomic E-state index is 13.1. The van der Waals surface area contributed by atoms with E-state index >= 15 is 0 Å². The summed E-state index contributed by atoms with van der Waals surface area (Å²) >= 11 is 2.94. The largest absolute Gasteiger partial charge is 0.385 e. The van der Waals surface area contributed by atoms with Crippen LogP contribution in [0.5, 0.6) is 0 Å². The molecule has 2 heterocycles. The predicted molar refractivity (Wildman–Crippen MR) is 120 cm³/mol. The van der Waals surface area contributed by atoms with Gasteiger partial charge < -0.3 is 10.1 Å². The van der Waals surface area contributed by atoms with Crippen LogP contribution in [0.15, 0.2) is 16.0 Å². The monoisotopic (exact) mass is 437 g/mol. The van der Waals surface area contributed by atoms with E-state index in [0.29, 0.717) is 23.7 Å². The molecule has 160 valence electrons. The van der Waals surface area contributed by atoms with Gasteiger partial charge in [0, 0.05) is 31.2 Å². The molecule has 0 saturated heterocycles. The molecule has 0 unspecified atom stereocenters. The summed E-state index contributed by atoms with van der Waals surface area (Å²) in [6.07, 6.45) is 7.35. The second kappa shape index (κ2) is 10.6. The standard InChI is InChI=1S/C21H31N3O3S2/c1-4-16-13-17-19(29-16)23-21(24(20(17)26)11-8-12-27-3)28-14(2)18(25)22-15-9-6-5-7-10-15/h13-15H,4-12H2,1-3H3,(H,22,25)/t14-/m1/s1. The van der Waals surface area contributed by atoms with Gasteiger partial charge >= 0.3 is 0 Å². The van der Waals surface area contributed by atoms with Crippen molar-refractivity contribution in [3.05, 3.63) is 21.3 Å². The van der Waals surface area contributed by atoms with Crippen molar-refractivity contribution in [2.45, 2.75) is 81.8 Å². The summed E-state index contributed by atoms with van der Waals surface area (Å²) in [6.45, 7) is 5.09. The number of amides is 1. The van der Waals surface area contributed by atoms with Crippen LogP contribution in [0.2, 0.25) is 0 Å². The zero-order valence-electron chi connectivity index (χ0n) is 17.5. The summed E-state index contributed by atoms with van der Waals surface area (Å²) in [5.41, 5.74) is -0.0237. The number of thioether (sulfide) groups is 1. The SMILES string of the molecule is CCc1cc2c(=O)n(CCCOC)c(S[C@H](C)C(=O)NC3CCCCC3)nc2s1. The summed E-state index contributed by atoms with van der Waals surface area (Å²) in [5.74, 6) is 0.0279. The van der Waals surface area contributed by atoms with Crippen molar-refractivity contribution in [2.24, 2.45) is 0 Å². The Hall–Kier alpha value is -1.38. The topological polar surface area (TPSA) is 73.2 Å². The molecular weight excluding hydrogens is 406 g/mol. The third-order valence-electron chi connectivity index (χ3n) is 5.35. The minimum Gasteiger partial charge on any atom is -0.385 e. The van der Waals surface area contributed by atoms with Gasteiger partial charge in [-0.1, -0.05) is 37.9 Å². The van der Waals surface area contributed by atoms with Crippen LogP contribution in [0.1, 0.15) is 57.2 Å². The molecule has 0 radical (unpaired) electrons. The van der Waals surface area contributed by atoms with Crippen LogP contribution >= 0.6 is 23.1 Å². The molecule has 0 bridgehead atoms. The third-order valence-corrected chi connectivity index (χ3v) is 7.61. The van der Waals surface area contributed by atoms with Crippen LogP contribution in [0.3, 0.4) is 0 Å². The lowest BCUT2D eigenvalue weighted by atomic mass is 9.95. The highest BCUT2D eigenvalue weighted by atomic mass is 32.2. The van der Waals surface area contributed by atoms with Gasteiger partial charge in [-0.15, -0.1) is 11.3 Å². The van der Waals surface area contributed by atoms with Gasteiger partial charge in [-0.3, -0.25) is 14.2 Å². The molecule has 2 aromatic heterocycles. The molecular formula is C21H31N3O3S2. The van der Waals surface area contributed by atoms with Crippen LogP contribution in [0.4, 0.5) is 0 Å². The first-order chi connectivity index (χ1) is 14.0. The molecule has 8 heteroatoms. The van der Waals surface area contributed by atoms with Gasteiger partial charge in [-0.05, 0) is 38.7 Å². The normalized spacial score (nSPS) is 16.2. The molecule has 6 nitrogen and oxygen atoms in total. The lowest BCUT2D eigenvalue weighted by Crippen LogP contribution is -2.40. The molecule has 0 aromatic carbocycles. The number of nitrogens with one attached hydrogen (secondary N) is 1. The maximum absolute atomic E-state index is 13.1. The molecule has 2 aromatic rings. The number of carbonyl (C=O) groups is 1. The van der Waals surface area contributed by atoms with Crippen molar-refractivity contribution in [3.8, 4) is 0 Å². The second-order valence-corrected chi connectivity index (χ2v) is 10.0. The molecule has 1 N–H and O–H groups in total. The number of aromatic nitrogens is 2. The number of aryl methyl sites for hydroxylation is 1. The highest BCUT2D eigenvalue weighted by molar-refractivity contribution is 8.00. The second-order valence-electron chi connectivity index (χ2n) is 7.59. The van der Waals surface area contributed by atoms with E-state index in [9.17, 15) is 9.59 Å². The van der Waals surface area contributed by atoms with Crippen LogP contribution in [-0.4, -0.2) is 40.5 Å². The average Bonchev–Trinajstić information content (AvgIpc) is 3.14. The molecule has 29 heavy (non-hydrogen) atoms. The smallest absolute Gasteiger partial charge is 0.262 e. The fraction of sp³-hybridized carbons (Fsp3) is 0.667. The molecule has 1 aliphatic rings. The molecule has 1 amide bonds. The summed E-state index contributed by atoms with van der Waals surface area (Å²) in [6, 6.07) is 2.23. The Morgan fingerprint density at radius 1 is 1.41 bits per heavy atom. The van der Waals surface area contributed by atoms with Gasteiger partial charge in [0.25, 0.3) is 5.56 Å². The van der Waals surface area contributed by atoms with Gasteiger partial charge in [0.05, 0.1) is 10.6 Å². The zero-order valence-corrected chi connectivity index (χ0v) is 19.2. The molecule has 1 atom stereocenters. The minimum atomic E-state index is -0.305. The number of hydrogen-bond donors (Lipinski definition) is 1. The fourth-order valence-corrected chi connectivity index (χ4v) is 5.60. The Morgan fingerprint density at radius 3 is 2.86 bits per heavy atom. The molecule has 1 aliphatic carbocycles. The first kappa shape index (κ1) is 22.3. The zero-order chi connectivity index (χ0) is 20.8. The van der Waals surface area contributed by atoms with Crippen LogP contribution < -0.4 is 10.9 Å². The quantitative estimate of drug-likeness (QED) is 0.365. The van der Waals surface area contributed by atoms with Crippen molar-refractivity contribution in [3.63, 3.8) is 0 Å². The van der Waals surface area contributed by atoms with E-state index < -0.39 is 0 Å². The van der Waals surface area contributed by atoms with Crippen molar-refractivity contribution < 1.29 is 9.53 Å². The van der Waals surface area contributed by atoms with E-state index in [1.165, 1.54) is 31.0 Å². The number of methoxy groups -OCH3 is 1. The summed E-state index contributed by atoms with van der Waals surface area (Å²) in [5, 5.41) is 4.17. The Bertz CT molecular complexity index is 887. The summed E-state index contributed by atoms with van der Waals surface area (Å²) in [4.78, 5) is 32.5. The van der Waals surface area contributed by atoms with E-state index in [1.54, 1.807) is 23.0 Å². The van der Waals surface area contributed by atoms with Crippen molar-refractivity contribution in [1.82, 2.24) is 14.9 Å². The van der Waals surface area contributed by atoms with E-state index in [-0.39, 0.29) is 22.8 Å². The first-order valence-corrected chi connectivity index (χ1v) is 12.2. The highest BCUT2D eigenvalue weighted by Crippen LogP contribution is 2.28. The molecule has 1 saturated carbocycles. The van der Waals surface area contributed by atoms with Gasteiger partial charge in [0.2, 0.25) is 5.91 Å². The highest BCUT2D eigenvalue weighted by Gasteiger charge is 2.23. The first-order valence-electron chi connectivity index (χ1n) is 10.5. The number of fused-ring (bicyclic) bond motifs is 1. The van der Waals surface area contributed by atoms with Crippen molar-refractivity contribution >= 4 is 39.2 Å². The predicted octanol–water partition coefficient (Wildman–Crippen LogP) is 3.99. The molecule has 0 aliphatic heterocycles. The number of hydrogen-bond acceptors (Lipinski definition) is 6. The van der Waals surface area contributed by atoms with Gasteiger partial charge in [0.1, 0.15) is 4.83 Å². The Kier molecular flexibility index (Phi) is 8.15. The van der Waals surface area contributed by atoms with E-state index in [2.05, 4.69) is 12.2 Å². The van der Waals surface area contributed by atoms with Crippen LogP contribution in [0, 0.1) is 0 Å². The molecule has 3 rings (SSSR count). The Balaban J connectivity index is 1.82. The Labute approximate surface area is 180 Å². The summed E-state index contributed by atoms with van der Waals surface area (Å²) in [7, 11) is 1.66. The average molecular weight is 438 g/mol. The number of rotatable bonds is 9. The van der Waals surface area contributed by atoms with E-state index in [1.807, 2.05) is 13.0 Å². The van der Waals surface area contributed by atoms with Crippen molar-refractivity contribution in [2.75, 3.05) is 13.7 Å². The Morgan fingerprint density at radius 2 is 2.17 bits per heavy atom. The number of nitrogens with zero attached hydrogens (tertiary/aromatic N) is 2. The van der Waals surface area contributed by atoms with Gasteiger partial charge in [-0.25, -0.2) is 4.98 Å². The van der Waals surface area contributed by atoms with E-state index in [4.69, 9.17) is 9.72 Å². The van der Waals surface area contributed by atoms with Crippen molar-refractivity contribution in [1.29, 1.82) is 0 Å². The van der Waals surface area contributed by atoms with Crippen LogP contribution in [-0.2, 0) is 22.5 Å². The molecule has 0 spiro atoms. The number of ether oxygens (including phenoxy) is 1. The third kappa shape index (κ3) is 5.61. The summed E-state index contributed by atoms with van der Waals surface area (Å²) < 4.78 is 6.86. The molecule has 1 fully saturated rings. The van der Waals surface area contributed by atoms with Crippen LogP contribution in [0.25, 0.3) is 10.2 Å².